The molecule has 0 aliphatic carbocycles. The van der Waals surface area contributed by atoms with Gasteiger partial charge in [-0.25, -0.2) is 0 Å². The fourth-order valence-electron chi connectivity index (χ4n) is 2.15. The standard InChI is InChI=1S/C18H22N2O.ClH/c1-14-3-5-15(6-4-14)9-12-18(21)20-17-10-7-16(8-11-17)13-19-2;/h3-8,10-11,19H,9,12-13H2,1-2H3,(H,20,21);1H. The van der Waals surface area contributed by atoms with Crippen LogP contribution in [0, 0.1) is 6.92 Å². The van der Waals surface area contributed by atoms with Gasteiger partial charge in [-0.15, -0.1) is 12.4 Å². The molecule has 0 unspecified atom stereocenters. The fourth-order valence-corrected chi connectivity index (χ4v) is 2.15. The highest BCUT2D eigenvalue weighted by Gasteiger charge is 2.03. The van der Waals surface area contributed by atoms with Crippen LogP contribution in [0.1, 0.15) is 23.1 Å². The maximum atomic E-state index is 11.9. The Hall–Kier alpha value is -1.84. The van der Waals surface area contributed by atoms with E-state index in [9.17, 15) is 4.79 Å². The zero-order valence-electron chi connectivity index (χ0n) is 13.1. The van der Waals surface area contributed by atoms with Crippen LogP contribution in [0.2, 0.25) is 0 Å². The lowest BCUT2D eigenvalue weighted by Crippen LogP contribution is -2.12. The van der Waals surface area contributed by atoms with Crippen molar-refractivity contribution >= 4 is 24.0 Å². The van der Waals surface area contributed by atoms with Gasteiger partial charge in [-0.2, -0.15) is 0 Å². The minimum absolute atomic E-state index is 0. The molecule has 22 heavy (non-hydrogen) atoms. The summed E-state index contributed by atoms with van der Waals surface area (Å²) < 4.78 is 0. The summed E-state index contributed by atoms with van der Waals surface area (Å²) in [5.74, 6) is 0.0527. The first kappa shape index (κ1) is 18.2. The van der Waals surface area contributed by atoms with E-state index in [-0.39, 0.29) is 18.3 Å². The minimum atomic E-state index is 0. The van der Waals surface area contributed by atoms with Gasteiger partial charge < -0.3 is 10.6 Å². The number of rotatable bonds is 6. The molecule has 0 spiro atoms. The number of aryl methyl sites for hydroxylation is 2. The van der Waals surface area contributed by atoms with Crippen LogP contribution in [0.4, 0.5) is 5.69 Å². The number of carbonyl (C=O) groups is 1. The third-order valence-corrected chi connectivity index (χ3v) is 3.38. The molecule has 0 atom stereocenters. The van der Waals surface area contributed by atoms with Gasteiger partial charge in [0.1, 0.15) is 0 Å². The maximum absolute atomic E-state index is 11.9. The van der Waals surface area contributed by atoms with Gasteiger partial charge in [0.25, 0.3) is 0 Å². The Labute approximate surface area is 138 Å². The minimum Gasteiger partial charge on any atom is -0.326 e. The number of carbonyl (C=O) groups excluding carboxylic acids is 1. The first-order valence-electron chi connectivity index (χ1n) is 7.26. The average Bonchev–Trinajstić information content (AvgIpc) is 2.49. The molecule has 0 aliphatic heterocycles. The van der Waals surface area contributed by atoms with Gasteiger partial charge in [0, 0.05) is 18.7 Å². The number of halogens is 1. The quantitative estimate of drug-likeness (QED) is 0.852. The zero-order valence-corrected chi connectivity index (χ0v) is 13.9. The highest BCUT2D eigenvalue weighted by Crippen LogP contribution is 2.11. The van der Waals surface area contributed by atoms with Crippen LogP contribution in [0.25, 0.3) is 0 Å². The van der Waals surface area contributed by atoms with E-state index in [0.717, 1.165) is 18.7 Å². The Morgan fingerprint density at radius 1 is 0.955 bits per heavy atom. The SMILES string of the molecule is CNCc1ccc(NC(=O)CCc2ccc(C)cc2)cc1.Cl. The van der Waals surface area contributed by atoms with E-state index in [4.69, 9.17) is 0 Å². The Kier molecular flexibility index (Phi) is 7.64. The first-order valence-corrected chi connectivity index (χ1v) is 7.26. The topological polar surface area (TPSA) is 41.1 Å². The van der Waals surface area contributed by atoms with Crippen LogP contribution >= 0.6 is 12.4 Å². The van der Waals surface area contributed by atoms with Gasteiger partial charge >= 0.3 is 0 Å². The van der Waals surface area contributed by atoms with Gasteiger partial charge in [-0.3, -0.25) is 4.79 Å². The summed E-state index contributed by atoms with van der Waals surface area (Å²) in [4.78, 5) is 11.9. The molecule has 2 aromatic carbocycles. The van der Waals surface area contributed by atoms with Crippen molar-refractivity contribution in [1.29, 1.82) is 0 Å². The van der Waals surface area contributed by atoms with Crippen molar-refractivity contribution in [3.05, 3.63) is 65.2 Å². The fraction of sp³-hybridized carbons (Fsp3) is 0.278. The second-order valence-corrected chi connectivity index (χ2v) is 5.26. The van der Waals surface area contributed by atoms with Crippen LogP contribution in [0.15, 0.2) is 48.5 Å². The van der Waals surface area contributed by atoms with E-state index in [1.165, 1.54) is 16.7 Å². The lowest BCUT2D eigenvalue weighted by atomic mass is 10.1. The number of hydrogen-bond donors (Lipinski definition) is 2. The third kappa shape index (κ3) is 5.88. The van der Waals surface area contributed by atoms with Gasteiger partial charge in [-0.05, 0) is 43.7 Å². The third-order valence-electron chi connectivity index (χ3n) is 3.38. The smallest absolute Gasteiger partial charge is 0.224 e. The normalized spacial score (nSPS) is 9.91. The van der Waals surface area contributed by atoms with Gasteiger partial charge in [0.2, 0.25) is 5.91 Å². The molecule has 0 aliphatic rings. The van der Waals surface area contributed by atoms with Crippen LogP contribution in [-0.2, 0) is 17.8 Å². The molecule has 0 saturated heterocycles. The molecular formula is C18H23ClN2O. The summed E-state index contributed by atoms with van der Waals surface area (Å²) >= 11 is 0. The highest BCUT2D eigenvalue weighted by molar-refractivity contribution is 5.90. The molecule has 118 valence electrons. The van der Waals surface area contributed by atoms with E-state index < -0.39 is 0 Å². The second-order valence-electron chi connectivity index (χ2n) is 5.26. The number of benzene rings is 2. The number of nitrogens with one attached hydrogen (secondary N) is 2. The summed E-state index contributed by atoms with van der Waals surface area (Å²) in [5, 5.41) is 6.03. The first-order chi connectivity index (χ1) is 10.2. The van der Waals surface area contributed by atoms with E-state index in [1.54, 1.807) is 0 Å². The number of hydrogen-bond acceptors (Lipinski definition) is 2. The van der Waals surface area contributed by atoms with E-state index in [0.29, 0.717) is 6.42 Å². The van der Waals surface area contributed by atoms with E-state index in [1.807, 2.05) is 31.3 Å². The lowest BCUT2D eigenvalue weighted by molar-refractivity contribution is -0.116. The molecule has 0 bridgehead atoms. The maximum Gasteiger partial charge on any atom is 0.224 e. The summed E-state index contributed by atoms with van der Waals surface area (Å²) in [5.41, 5.74) is 4.49. The summed E-state index contributed by atoms with van der Waals surface area (Å²) in [7, 11) is 1.92. The van der Waals surface area contributed by atoms with Crippen LogP contribution in [0.3, 0.4) is 0 Å². The number of anilines is 1. The van der Waals surface area contributed by atoms with Crippen molar-refractivity contribution in [2.24, 2.45) is 0 Å². The van der Waals surface area contributed by atoms with Crippen molar-refractivity contribution in [3.8, 4) is 0 Å². The van der Waals surface area contributed by atoms with E-state index in [2.05, 4.69) is 41.8 Å². The molecule has 4 heteroatoms. The Morgan fingerprint density at radius 3 is 2.14 bits per heavy atom. The average molecular weight is 319 g/mol. The summed E-state index contributed by atoms with van der Waals surface area (Å²) in [6, 6.07) is 16.2. The Bertz CT molecular complexity index is 579. The lowest BCUT2D eigenvalue weighted by Gasteiger charge is -2.07. The van der Waals surface area contributed by atoms with Crippen molar-refractivity contribution in [2.45, 2.75) is 26.3 Å². The molecule has 2 rings (SSSR count). The van der Waals surface area contributed by atoms with Gasteiger partial charge in [0.15, 0.2) is 0 Å². The monoisotopic (exact) mass is 318 g/mol. The van der Waals surface area contributed by atoms with Crippen LogP contribution in [-0.4, -0.2) is 13.0 Å². The van der Waals surface area contributed by atoms with E-state index >= 15 is 0 Å². The predicted molar refractivity (Wildman–Crippen MR) is 94.6 cm³/mol. The second kappa shape index (κ2) is 9.23. The van der Waals surface area contributed by atoms with Crippen molar-refractivity contribution < 1.29 is 4.79 Å². The van der Waals surface area contributed by atoms with Crippen molar-refractivity contribution in [2.75, 3.05) is 12.4 Å². The summed E-state index contributed by atoms with van der Waals surface area (Å²) in [6.07, 6.45) is 1.27. The van der Waals surface area contributed by atoms with Gasteiger partial charge in [0.05, 0.1) is 0 Å². The molecule has 0 radical (unpaired) electrons. The Morgan fingerprint density at radius 2 is 1.55 bits per heavy atom. The highest BCUT2D eigenvalue weighted by atomic mass is 35.5. The molecule has 0 heterocycles. The number of amides is 1. The molecule has 1 amide bonds. The Balaban J connectivity index is 0.00000242. The van der Waals surface area contributed by atoms with Crippen molar-refractivity contribution in [3.63, 3.8) is 0 Å². The van der Waals surface area contributed by atoms with Crippen molar-refractivity contribution in [1.82, 2.24) is 5.32 Å². The molecule has 0 fully saturated rings. The molecular weight excluding hydrogens is 296 g/mol. The molecule has 2 N–H and O–H groups in total. The van der Waals surface area contributed by atoms with Crippen LogP contribution < -0.4 is 10.6 Å². The predicted octanol–water partition coefficient (Wildman–Crippen LogP) is 3.71. The molecule has 3 nitrogen and oxygen atoms in total. The molecule has 0 aromatic heterocycles. The molecule has 2 aromatic rings. The van der Waals surface area contributed by atoms with Gasteiger partial charge in [-0.1, -0.05) is 42.0 Å². The largest absolute Gasteiger partial charge is 0.326 e. The summed E-state index contributed by atoms with van der Waals surface area (Å²) in [6.45, 7) is 2.90. The molecule has 0 saturated carbocycles. The zero-order chi connectivity index (χ0) is 15.1. The van der Waals surface area contributed by atoms with Crippen LogP contribution in [0.5, 0.6) is 0 Å².